The van der Waals surface area contributed by atoms with Crippen LogP contribution in [-0.2, 0) is 0 Å². The fourth-order valence-corrected chi connectivity index (χ4v) is 3.14. The molecule has 1 aromatic carbocycles. The van der Waals surface area contributed by atoms with Gasteiger partial charge in [-0.25, -0.2) is 0 Å². The molecule has 1 rings (SSSR count). The quantitative estimate of drug-likeness (QED) is 0.654. The Hall–Kier alpha value is -0.670. The number of para-hydroxylation sites is 1. The highest BCUT2D eigenvalue weighted by molar-refractivity contribution is 7.99. The minimum absolute atomic E-state index is 0.209. The maximum atomic E-state index is 5.99. The Morgan fingerprint density at radius 3 is 2.48 bits per heavy atom. The molecule has 0 saturated heterocycles. The molecule has 0 aliphatic rings. The van der Waals surface area contributed by atoms with E-state index in [4.69, 9.17) is 4.74 Å². The number of nitrogens with one attached hydrogen (secondary N) is 1. The second kappa shape index (κ2) is 10.1. The maximum Gasteiger partial charge on any atom is 0.124 e. The topological polar surface area (TPSA) is 21.3 Å². The fourth-order valence-electron chi connectivity index (χ4n) is 2.09. The van der Waals surface area contributed by atoms with Crippen LogP contribution in [0.1, 0.15) is 59.1 Å². The largest absolute Gasteiger partial charge is 0.491 e. The Morgan fingerprint density at radius 2 is 1.86 bits per heavy atom. The highest BCUT2D eigenvalue weighted by Gasteiger charge is 2.17. The lowest BCUT2D eigenvalue weighted by atomic mass is 10.1. The second-order valence-electron chi connectivity index (χ2n) is 5.76. The molecule has 0 bridgehead atoms. The third kappa shape index (κ3) is 6.75. The Labute approximate surface area is 135 Å². The highest BCUT2D eigenvalue weighted by Crippen LogP contribution is 2.30. The summed E-state index contributed by atoms with van der Waals surface area (Å²) in [6.45, 7) is 12.0. The second-order valence-corrected chi connectivity index (χ2v) is 7.23. The first-order valence-corrected chi connectivity index (χ1v) is 9.23. The normalized spacial score (nSPS) is 14.2. The third-order valence-electron chi connectivity index (χ3n) is 3.42. The zero-order valence-corrected chi connectivity index (χ0v) is 15.0. The summed E-state index contributed by atoms with van der Waals surface area (Å²) in [7, 11) is 0. The van der Waals surface area contributed by atoms with E-state index in [2.05, 4.69) is 64.2 Å². The van der Waals surface area contributed by atoms with E-state index in [-0.39, 0.29) is 6.10 Å². The molecule has 0 fully saturated rings. The van der Waals surface area contributed by atoms with Crippen molar-refractivity contribution in [2.45, 2.75) is 64.9 Å². The van der Waals surface area contributed by atoms with Gasteiger partial charge in [0.05, 0.1) is 6.10 Å². The number of rotatable bonds is 10. The molecule has 1 N–H and O–H groups in total. The highest BCUT2D eigenvalue weighted by atomic mass is 32.2. The van der Waals surface area contributed by atoms with Crippen LogP contribution < -0.4 is 10.1 Å². The van der Waals surface area contributed by atoms with Crippen molar-refractivity contribution >= 4 is 11.8 Å². The molecule has 0 radical (unpaired) electrons. The van der Waals surface area contributed by atoms with Crippen LogP contribution in [0.25, 0.3) is 0 Å². The Balaban J connectivity index is 2.85. The van der Waals surface area contributed by atoms with E-state index in [1.165, 1.54) is 12.0 Å². The molecule has 2 nitrogen and oxygen atoms in total. The van der Waals surface area contributed by atoms with Crippen molar-refractivity contribution in [1.82, 2.24) is 5.32 Å². The first kappa shape index (κ1) is 18.4. The molecule has 0 heterocycles. The van der Waals surface area contributed by atoms with Gasteiger partial charge in [0.25, 0.3) is 0 Å². The van der Waals surface area contributed by atoms with Crippen LogP contribution in [0.2, 0.25) is 0 Å². The van der Waals surface area contributed by atoms with Gasteiger partial charge in [-0.05, 0) is 39.3 Å². The zero-order valence-electron chi connectivity index (χ0n) is 14.2. The van der Waals surface area contributed by atoms with Gasteiger partial charge in [-0.15, -0.1) is 0 Å². The Morgan fingerprint density at radius 1 is 1.14 bits per heavy atom. The van der Waals surface area contributed by atoms with Crippen molar-refractivity contribution < 1.29 is 4.74 Å². The molecule has 0 aromatic heterocycles. The van der Waals surface area contributed by atoms with Crippen molar-refractivity contribution in [3.05, 3.63) is 29.8 Å². The Bertz CT molecular complexity index is 395. The lowest BCUT2D eigenvalue weighted by molar-refractivity contribution is 0.238. The van der Waals surface area contributed by atoms with Crippen LogP contribution in [0.4, 0.5) is 0 Å². The summed E-state index contributed by atoms with van der Waals surface area (Å²) in [5, 5.41) is 4.38. The van der Waals surface area contributed by atoms with Crippen LogP contribution in [-0.4, -0.2) is 23.7 Å². The summed E-state index contributed by atoms with van der Waals surface area (Å²) < 4.78 is 5.99. The predicted molar refractivity (Wildman–Crippen MR) is 95.5 cm³/mol. The van der Waals surface area contributed by atoms with Crippen LogP contribution in [0.3, 0.4) is 0 Å². The van der Waals surface area contributed by atoms with Crippen LogP contribution in [0.15, 0.2) is 24.3 Å². The van der Waals surface area contributed by atoms with E-state index < -0.39 is 0 Å². The van der Waals surface area contributed by atoms with E-state index in [1.54, 1.807) is 0 Å². The monoisotopic (exact) mass is 309 g/mol. The van der Waals surface area contributed by atoms with Crippen molar-refractivity contribution in [1.29, 1.82) is 0 Å². The molecule has 2 unspecified atom stereocenters. The van der Waals surface area contributed by atoms with Gasteiger partial charge in [-0.3, -0.25) is 0 Å². The SMILES string of the molecule is CCCNC(CSC(C)CC)c1ccccc1OC(C)C. The maximum absolute atomic E-state index is 5.99. The van der Waals surface area contributed by atoms with Gasteiger partial charge >= 0.3 is 0 Å². The van der Waals surface area contributed by atoms with E-state index in [1.807, 2.05) is 11.8 Å². The first-order chi connectivity index (χ1) is 10.1. The fraction of sp³-hybridized carbons (Fsp3) is 0.667. The van der Waals surface area contributed by atoms with Crippen molar-refractivity contribution in [3.63, 3.8) is 0 Å². The molecule has 1 aromatic rings. The van der Waals surface area contributed by atoms with Crippen molar-refractivity contribution in [2.75, 3.05) is 12.3 Å². The first-order valence-electron chi connectivity index (χ1n) is 8.19. The number of thioether (sulfide) groups is 1. The zero-order chi connectivity index (χ0) is 15.7. The van der Waals surface area contributed by atoms with Crippen molar-refractivity contribution in [3.8, 4) is 5.75 Å². The number of hydrogen-bond acceptors (Lipinski definition) is 3. The van der Waals surface area contributed by atoms with Crippen LogP contribution >= 0.6 is 11.8 Å². The van der Waals surface area contributed by atoms with E-state index in [0.717, 1.165) is 24.5 Å². The molecular formula is C18H31NOS. The van der Waals surface area contributed by atoms with Gasteiger partial charge in [0.2, 0.25) is 0 Å². The van der Waals surface area contributed by atoms with Gasteiger partial charge in [0, 0.05) is 22.6 Å². The van der Waals surface area contributed by atoms with Crippen molar-refractivity contribution in [2.24, 2.45) is 0 Å². The van der Waals surface area contributed by atoms with Gasteiger partial charge in [0.15, 0.2) is 0 Å². The number of ether oxygens (including phenoxy) is 1. The number of hydrogen-bond donors (Lipinski definition) is 1. The molecule has 0 saturated carbocycles. The van der Waals surface area contributed by atoms with E-state index >= 15 is 0 Å². The lowest BCUT2D eigenvalue weighted by Crippen LogP contribution is -2.25. The number of benzene rings is 1. The minimum atomic E-state index is 0.209. The summed E-state index contributed by atoms with van der Waals surface area (Å²) in [5.74, 6) is 2.11. The summed E-state index contributed by atoms with van der Waals surface area (Å²) in [6.07, 6.45) is 2.58. The smallest absolute Gasteiger partial charge is 0.124 e. The average Bonchev–Trinajstić information content (AvgIpc) is 2.47. The van der Waals surface area contributed by atoms with E-state index in [9.17, 15) is 0 Å². The van der Waals surface area contributed by atoms with Crippen LogP contribution in [0, 0.1) is 0 Å². The molecule has 0 amide bonds. The molecule has 0 aliphatic carbocycles. The summed E-state index contributed by atoms with van der Waals surface area (Å²) in [5.41, 5.74) is 1.29. The molecule has 21 heavy (non-hydrogen) atoms. The summed E-state index contributed by atoms with van der Waals surface area (Å²) in [4.78, 5) is 0. The molecule has 0 aliphatic heterocycles. The standard InChI is InChI=1S/C18H31NOS/c1-6-12-19-17(13-21-15(5)7-2)16-10-8-9-11-18(16)20-14(3)4/h8-11,14-15,17,19H,6-7,12-13H2,1-5H3. The van der Waals surface area contributed by atoms with Gasteiger partial charge < -0.3 is 10.1 Å². The van der Waals surface area contributed by atoms with Gasteiger partial charge in [-0.1, -0.05) is 39.0 Å². The lowest BCUT2D eigenvalue weighted by Gasteiger charge is -2.23. The molecule has 2 atom stereocenters. The predicted octanol–water partition coefficient (Wildman–Crippen LogP) is 5.05. The average molecular weight is 310 g/mol. The minimum Gasteiger partial charge on any atom is -0.491 e. The van der Waals surface area contributed by atoms with Gasteiger partial charge in [-0.2, -0.15) is 11.8 Å². The molecule has 120 valence electrons. The molecular weight excluding hydrogens is 278 g/mol. The molecule has 3 heteroatoms. The van der Waals surface area contributed by atoms with Crippen LogP contribution in [0.5, 0.6) is 5.75 Å². The van der Waals surface area contributed by atoms with Gasteiger partial charge in [0.1, 0.15) is 5.75 Å². The summed E-state index contributed by atoms with van der Waals surface area (Å²) in [6, 6.07) is 8.81. The third-order valence-corrected chi connectivity index (χ3v) is 4.85. The Kier molecular flexibility index (Phi) is 8.86. The molecule has 0 spiro atoms. The summed E-state index contributed by atoms with van der Waals surface area (Å²) >= 11 is 2.04. The van der Waals surface area contributed by atoms with E-state index in [0.29, 0.717) is 11.3 Å².